The summed E-state index contributed by atoms with van der Waals surface area (Å²) >= 11 is 1.86. The Bertz CT molecular complexity index is 3150. The fourth-order valence-electron chi connectivity index (χ4n) is 8.63. The third-order valence-electron chi connectivity index (χ3n) is 11.5. The van der Waals surface area contributed by atoms with Gasteiger partial charge in [-0.1, -0.05) is 134 Å². The second-order valence-electron chi connectivity index (χ2n) is 15.0. The zero-order chi connectivity index (χ0) is 37.2. The molecular formula is C53H37NOS. The summed E-state index contributed by atoms with van der Waals surface area (Å²) in [5, 5.41) is 4.85. The minimum Gasteiger partial charge on any atom is -0.456 e. The zero-order valence-corrected chi connectivity index (χ0v) is 31.8. The molecular weight excluding hydrogens is 699 g/mol. The van der Waals surface area contributed by atoms with Crippen molar-refractivity contribution in [2.45, 2.75) is 19.3 Å². The Balaban J connectivity index is 1.14. The molecule has 0 spiro atoms. The van der Waals surface area contributed by atoms with E-state index >= 15 is 0 Å². The number of rotatable bonds is 6. The molecule has 10 aromatic rings. The fraction of sp³-hybridized carbons (Fsp3) is 0.0566. The summed E-state index contributed by atoms with van der Waals surface area (Å²) in [7, 11) is 0. The van der Waals surface area contributed by atoms with Crippen LogP contribution in [0.4, 0.5) is 17.1 Å². The summed E-state index contributed by atoms with van der Waals surface area (Å²) in [4.78, 5) is 2.42. The number of hydrogen-bond acceptors (Lipinski definition) is 3. The maximum absolute atomic E-state index is 6.52. The molecule has 2 nitrogen and oxygen atoms in total. The molecule has 1 unspecified atom stereocenters. The molecule has 11 rings (SSSR count). The van der Waals surface area contributed by atoms with Crippen LogP contribution in [-0.2, 0) is 0 Å². The van der Waals surface area contributed by atoms with Gasteiger partial charge in [0.2, 0.25) is 0 Å². The number of anilines is 3. The molecule has 0 bridgehead atoms. The second-order valence-corrected chi connectivity index (χ2v) is 16.0. The van der Waals surface area contributed by atoms with E-state index in [1.165, 1.54) is 59.1 Å². The predicted molar refractivity (Wildman–Crippen MR) is 240 cm³/mol. The van der Waals surface area contributed by atoms with Crippen molar-refractivity contribution in [1.29, 1.82) is 0 Å². The van der Waals surface area contributed by atoms with E-state index in [2.05, 4.69) is 194 Å². The smallest absolute Gasteiger partial charge is 0.137 e. The van der Waals surface area contributed by atoms with Crippen molar-refractivity contribution >= 4 is 76.6 Å². The molecule has 1 atom stereocenters. The Morgan fingerprint density at radius 2 is 1.20 bits per heavy atom. The highest BCUT2D eigenvalue weighted by atomic mass is 32.1. The van der Waals surface area contributed by atoms with E-state index in [-0.39, 0.29) is 0 Å². The molecule has 0 saturated heterocycles. The first-order chi connectivity index (χ1) is 27.6. The Morgan fingerprint density at radius 3 is 2.12 bits per heavy atom. The van der Waals surface area contributed by atoms with Gasteiger partial charge in [-0.2, -0.15) is 0 Å². The Labute approximate surface area is 330 Å². The fourth-order valence-corrected chi connectivity index (χ4v) is 9.71. The third kappa shape index (κ3) is 5.54. The quantitative estimate of drug-likeness (QED) is 0.169. The van der Waals surface area contributed by atoms with E-state index in [1.807, 2.05) is 17.4 Å². The zero-order valence-electron chi connectivity index (χ0n) is 30.9. The number of furan rings is 1. The molecule has 2 heterocycles. The summed E-state index contributed by atoms with van der Waals surface area (Å²) < 4.78 is 9.14. The number of allylic oxidation sites excluding steroid dienone is 1. The summed E-state index contributed by atoms with van der Waals surface area (Å²) in [5.41, 5.74) is 14.8. The van der Waals surface area contributed by atoms with Gasteiger partial charge < -0.3 is 9.32 Å². The highest BCUT2D eigenvalue weighted by Gasteiger charge is 2.22. The normalized spacial score (nSPS) is 13.8. The standard InChI is InChI=1S/C53H37NOS/c1-34-11-9-14-36-21-22-38(30-47(34)36)40-23-26-43(35-12-3-2-4-13-35)49(32-40)54(42-25-27-45-44-17-5-7-19-50(44)55-51(45)33-42)41-16-10-15-37(29-41)39-24-28-53-48(31-39)46-18-6-8-20-52(46)56-53/h2-10,12-34H,11H2,1H3. The van der Waals surface area contributed by atoms with Crippen molar-refractivity contribution in [2.75, 3.05) is 4.90 Å². The van der Waals surface area contributed by atoms with E-state index in [9.17, 15) is 0 Å². The molecule has 0 fully saturated rings. The van der Waals surface area contributed by atoms with Gasteiger partial charge in [-0.3, -0.25) is 0 Å². The summed E-state index contributed by atoms with van der Waals surface area (Å²) in [6.45, 7) is 2.33. The van der Waals surface area contributed by atoms with Crippen LogP contribution in [0.2, 0.25) is 0 Å². The first-order valence-electron chi connectivity index (χ1n) is 19.4. The average molecular weight is 736 g/mol. The van der Waals surface area contributed by atoms with Crippen molar-refractivity contribution in [1.82, 2.24) is 0 Å². The molecule has 266 valence electrons. The van der Waals surface area contributed by atoms with Crippen molar-refractivity contribution in [2.24, 2.45) is 0 Å². The van der Waals surface area contributed by atoms with E-state index in [1.54, 1.807) is 0 Å². The maximum atomic E-state index is 6.52. The number of hydrogen-bond donors (Lipinski definition) is 0. The Morgan fingerprint density at radius 1 is 0.500 bits per heavy atom. The number of fused-ring (bicyclic) bond motifs is 7. The van der Waals surface area contributed by atoms with Crippen LogP contribution in [0.1, 0.15) is 30.4 Å². The summed E-state index contributed by atoms with van der Waals surface area (Å²) in [6.07, 6.45) is 5.63. The minimum atomic E-state index is 0.485. The van der Waals surface area contributed by atoms with E-state index in [4.69, 9.17) is 4.42 Å². The third-order valence-corrected chi connectivity index (χ3v) is 12.6. The van der Waals surface area contributed by atoms with Crippen LogP contribution in [0.15, 0.2) is 186 Å². The van der Waals surface area contributed by atoms with Crippen LogP contribution in [0.5, 0.6) is 0 Å². The molecule has 0 amide bonds. The van der Waals surface area contributed by atoms with Gasteiger partial charge in [-0.05, 0) is 106 Å². The molecule has 0 aliphatic heterocycles. The SMILES string of the molecule is CC1CC=Cc2ccc(-c3ccc(-c4ccccc4)c(N(c4cccc(-c5ccc6sc7ccccc7c6c5)c4)c4ccc5c(c4)oc4ccccc45)c3)cc21. The van der Waals surface area contributed by atoms with Crippen LogP contribution in [0.3, 0.4) is 0 Å². The van der Waals surface area contributed by atoms with Crippen LogP contribution in [0, 0.1) is 0 Å². The van der Waals surface area contributed by atoms with E-state index in [0.29, 0.717) is 5.92 Å². The van der Waals surface area contributed by atoms with Gasteiger partial charge in [0.05, 0.1) is 5.69 Å². The molecule has 1 aliphatic carbocycles. The topological polar surface area (TPSA) is 16.4 Å². The highest BCUT2D eigenvalue weighted by molar-refractivity contribution is 7.25. The molecule has 0 radical (unpaired) electrons. The first-order valence-corrected chi connectivity index (χ1v) is 20.2. The molecule has 0 saturated carbocycles. The van der Waals surface area contributed by atoms with Crippen molar-refractivity contribution in [3.8, 4) is 33.4 Å². The molecule has 3 heteroatoms. The number of thiophene rings is 1. The lowest BCUT2D eigenvalue weighted by Crippen LogP contribution is -2.11. The first kappa shape index (κ1) is 32.7. The highest BCUT2D eigenvalue weighted by Crippen LogP contribution is 2.46. The average Bonchev–Trinajstić information content (AvgIpc) is 3.82. The Hall–Kier alpha value is -6.68. The molecule has 56 heavy (non-hydrogen) atoms. The lowest BCUT2D eigenvalue weighted by Gasteiger charge is -2.29. The molecule has 0 N–H and O–H groups in total. The molecule has 8 aromatic carbocycles. The Kier molecular flexibility index (Phi) is 7.75. The number of nitrogens with zero attached hydrogens (tertiary/aromatic N) is 1. The van der Waals surface area contributed by atoms with Crippen LogP contribution in [0.25, 0.3) is 81.6 Å². The van der Waals surface area contributed by atoms with Gasteiger partial charge in [0.15, 0.2) is 0 Å². The number of benzene rings is 8. The number of para-hydroxylation sites is 1. The van der Waals surface area contributed by atoms with Gasteiger partial charge >= 0.3 is 0 Å². The molecule has 1 aliphatic rings. The van der Waals surface area contributed by atoms with Crippen molar-refractivity contribution in [3.63, 3.8) is 0 Å². The lowest BCUT2D eigenvalue weighted by atomic mass is 9.86. The van der Waals surface area contributed by atoms with Crippen molar-refractivity contribution < 1.29 is 4.42 Å². The van der Waals surface area contributed by atoms with E-state index < -0.39 is 0 Å². The predicted octanol–water partition coefficient (Wildman–Crippen LogP) is 15.9. The van der Waals surface area contributed by atoms with E-state index in [0.717, 1.165) is 51.0 Å². The molecule has 2 aromatic heterocycles. The monoisotopic (exact) mass is 735 g/mol. The van der Waals surface area contributed by atoms with Crippen molar-refractivity contribution in [3.05, 3.63) is 193 Å². The van der Waals surface area contributed by atoms with Gasteiger partial charge in [0, 0.05) is 53.9 Å². The van der Waals surface area contributed by atoms with Crippen LogP contribution < -0.4 is 4.90 Å². The van der Waals surface area contributed by atoms with Gasteiger partial charge in [-0.25, -0.2) is 0 Å². The van der Waals surface area contributed by atoms with Gasteiger partial charge in [0.25, 0.3) is 0 Å². The summed E-state index contributed by atoms with van der Waals surface area (Å²) in [6, 6.07) is 64.3. The maximum Gasteiger partial charge on any atom is 0.137 e. The summed E-state index contributed by atoms with van der Waals surface area (Å²) in [5.74, 6) is 0.485. The van der Waals surface area contributed by atoms with Crippen LogP contribution >= 0.6 is 11.3 Å². The van der Waals surface area contributed by atoms with Crippen LogP contribution in [-0.4, -0.2) is 0 Å². The van der Waals surface area contributed by atoms with Gasteiger partial charge in [0.1, 0.15) is 11.2 Å². The lowest BCUT2D eigenvalue weighted by molar-refractivity contribution is 0.669. The largest absolute Gasteiger partial charge is 0.456 e. The van der Waals surface area contributed by atoms with Gasteiger partial charge in [-0.15, -0.1) is 11.3 Å². The second kappa shape index (κ2) is 13.3. The minimum absolute atomic E-state index is 0.485.